The Morgan fingerprint density at radius 3 is 2.55 bits per heavy atom. The third-order valence-corrected chi connectivity index (χ3v) is 5.77. The Balaban J connectivity index is 1.63. The lowest BCUT2D eigenvalue weighted by atomic mass is 10.2. The molecule has 1 aliphatic rings. The molecule has 4 rings (SSSR count). The zero-order valence-electron chi connectivity index (χ0n) is 16.6. The second-order valence-electron chi connectivity index (χ2n) is 6.74. The predicted molar refractivity (Wildman–Crippen MR) is 113 cm³/mol. The quantitative estimate of drug-likeness (QED) is 0.563. The Bertz CT molecular complexity index is 1080. The summed E-state index contributed by atoms with van der Waals surface area (Å²) in [7, 11) is 0. The summed E-state index contributed by atoms with van der Waals surface area (Å²) in [5, 5.41) is 0. The van der Waals surface area contributed by atoms with Crippen molar-refractivity contribution in [2.45, 2.75) is 33.2 Å². The second-order valence-corrected chi connectivity index (χ2v) is 7.74. The van der Waals surface area contributed by atoms with E-state index in [1.807, 2.05) is 35.8 Å². The highest BCUT2D eigenvalue weighted by atomic mass is 32.1. The van der Waals surface area contributed by atoms with Gasteiger partial charge in [-0.25, -0.2) is 0 Å². The highest BCUT2D eigenvalue weighted by Crippen LogP contribution is 2.35. The molecule has 0 saturated heterocycles. The summed E-state index contributed by atoms with van der Waals surface area (Å²) in [5.41, 5.74) is 1.53. The van der Waals surface area contributed by atoms with Crippen molar-refractivity contribution in [1.29, 1.82) is 0 Å². The number of aryl methyl sites for hydroxylation is 1. The summed E-state index contributed by atoms with van der Waals surface area (Å²) in [4.78, 5) is 17.8. The SMILES string of the molecule is CCCCOc1ccc(C(=O)N=c2sc3cc4c(cc3n2CC)OCCO4)cc1. The Hall–Kier alpha value is -2.80. The second kappa shape index (κ2) is 8.69. The molecule has 3 aromatic rings. The number of hydrogen-bond acceptors (Lipinski definition) is 5. The monoisotopic (exact) mass is 412 g/mol. The topological polar surface area (TPSA) is 62.0 Å². The van der Waals surface area contributed by atoms with Crippen LogP contribution in [-0.4, -0.2) is 30.3 Å². The third-order valence-electron chi connectivity index (χ3n) is 4.73. The van der Waals surface area contributed by atoms with Crippen LogP contribution in [0.1, 0.15) is 37.0 Å². The van der Waals surface area contributed by atoms with E-state index < -0.39 is 0 Å². The van der Waals surface area contributed by atoms with Crippen molar-refractivity contribution in [3.63, 3.8) is 0 Å². The first kappa shape index (κ1) is 19.5. The number of carbonyl (C=O) groups is 1. The van der Waals surface area contributed by atoms with Crippen LogP contribution in [-0.2, 0) is 6.54 Å². The maximum absolute atomic E-state index is 12.7. The van der Waals surface area contributed by atoms with E-state index in [9.17, 15) is 4.79 Å². The molecule has 1 aromatic heterocycles. The van der Waals surface area contributed by atoms with Crippen LogP contribution in [0.3, 0.4) is 0 Å². The molecule has 0 fully saturated rings. The fourth-order valence-electron chi connectivity index (χ4n) is 3.18. The number of nitrogens with zero attached hydrogens (tertiary/aromatic N) is 2. The molecule has 0 N–H and O–H groups in total. The molecular weight excluding hydrogens is 388 g/mol. The molecule has 0 spiro atoms. The number of ether oxygens (including phenoxy) is 3. The molecule has 2 aromatic carbocycles. The Morgan fingerprint density at radius 1 is 1.14 bits per heavy atom. The number of hydrogen-bond donors (Lipinski definition) is 0. The van der Waals surface area contributed by atoms with E-state index in [0.717, 1.165) is 40.3 Å². The molecule has 0 radical (unpaired) electrons. The first-order valence-electron chi connectivity index (χ1n) is 9.94. The van der Waals surface area contributed by atoms with Gasteiger partial charge in [-0.3, -0.25) is 4.79 Å². The zero-order chi connectivity index (χ0) is 20.2. The summed E-state index contributed by atoms with van der Waals surface area (Å²) in [6.45, 7) is 6.64. The lowest BCUT2D eigenvalue weighted by Gasteiger charge is -2.18. The van der Waals surface area contributed by atoms with Crippen LogP contribution in [0.2, 0.25) is 0 Å². The molecule has 0 bridgehead atoms. The van der Waals surface area contributed by atoms with E-state index in [2.05, 4.69) is 11.9 Å². The number of fused-ring (bicyclic) bond motifs is 2. The minimum absolute atomic E-state index is 0.267. The predicted octanol–water partition coefficient (Wildman–Crippen LogP) is 4.41. The largest absolute Gasteiger partial charge is 0.494 e. The molecule has 7 heteroatoms. The van der Waals surface area contributed by atoms with Gasteiger partial charge in [0.15, 0.2) is 16.3 Å². The van der Waals surface area contributed by atoms with E-state index in [0.29, 0.717) is 36.7 Å². The molecular formula is C22H24N2O4S. The summed E-state index contributed by atoms with van der Waals surface area (Å²) in [6, 6.07) is 11.1. The van der Waals surface area contributed by atoms with Gasteiger partial charge in [0, 0.05) is 24.2 Å². The van der Waals surface area contributed by atoms with E-state index in [1.165, 1.54) is 11.3 Å². The average Bonchev–Trinajstić information content (AvgIpc) is 3.08. The first-order chi connectivity index (χ1) is 14.2. The van der Waals surface area contributed by atoms with Crippen LogP contribution >= 0.6 is 11.3 Å². The maximum Gasteiger partial charge on any atom is 0.279 e. The van der Waals surface area contributed by atoms with E-state index in [4.69, 9.17) is 14.2 Å². The summed E-state index contributed by atoms with van der Waals surface area (Å²) in [6.07, 6.45) is 2.10. The summed E-state index contributed by atoms with van der Waals surface area (Å²) in [5.74, 6) is 1.98. The molecule has 0 atom stereocenters. The molecule has 6 nitrogen and oxygen atoms in total. The minimum Gasteiger partial charge on any atom is -0.494 e. The normalized spacial score (nSPS) is 13.7. The van der Waals surface area contributed by atoms with Crippen molar-refractivity contribution < 1.29 is 19.0 Å². The van der Waals surface area contributed by atoms with Crippen molar-refractivity contribution in [1.82, 2.24) is 4.57 Å². The molecule has 1 aliphatic heterocycles. The van der Waals surface area contributed by atoms with Gasteiger partial charge < -0.3 is 18.8 Å². The Labute approximate surface area is 173 Å². The van der Waals surface area contributed by atoms with E-state index in [-0.39, 0.29) is 5.91 Å². The summed E-state index contributed by atoms with van der Waals surface area (Å²) >= 11 is 1.48. The molecule has 152 valence electrons. The molecule has 29 heavy (non-hydrogen) atoms. The van der Waals surface area contributed by atoms with Gasteiger partial charge in [-0.2, -0.15) is 4.99 Å². The van der Waals surface area contributed by atoms with E-state index >= 15 is 0 Å². The molecule has 0 saturated carbocycles. The van der Waals surface area contributed by atoms with Gasteiger partial charge >= 0.3 is 0 Å². The van der Waals surface area contributed by atoms with Crippen molar-refractivity contribution in [2.24, 2.45) is 4.99 Å². The van der Waals surface area contributed by atoms with Gasteiger partial charge in [-0.1, -0.05) is 24.7 Å². The number of amides is 1. The van der Waals surface area contributed by atoms with Crippen LogP contribution in [0.15, 0.2) is 41.4 Å². The van der Waals surface area contributed by atoms with Crippen LogP contribution in [0.25, 0.3) is 10.2 Å². The lowest BCUT2D eigenvalue weighted by Crippen LogP contribution is -2.17. The van der Waals surface area contributed by atoms with Gasteiger partial charge in [0.2, 0.25) is 0 Å². The number of unbranched alkanes of at least 4 members (excludes halogenated alkanes) is 1. The van der Waals surface area contributed by atoms with Crippen LogP contribution in [0, 0.1) is 0 Å². The van der Waals surface area contributed by atoms with Crippen molar-refractivity contribution in [2.75, 3.05) is 19.8 Å². The smallest absolute Gasteiger partial charge is 0.279 e. The van der Waals surface area contributed by atoms with Crippen molar-refractivity contribution in [3.05, 3.63) is 46.8 Å². The molecule has 2 heterocycles. The third kappa shape index (κ3) is 4.15. The maximum atomic E-state index is 12.7. The minimum atomic E-state index is -0.267. The molecule has 0 unspecified atom stereocenters. The first-order valence-corrected chi connectivity index (χ1v) is 10.8. The van der Waals surface area contributed by atoms with Gasteiger partial charge in [0.1, 0.15) is 19.0 Å². The lowest BCUT2D eigenvalue weighted by molar-refractivity contribution is 0.0998. The Morgan fingerprint density at radius 2 is 1.86 bits per heavy atom. The highest BCUT2D eigenvalue weighted by molar-refractivity contribution is 7.16. The molecule has 1 amide bonds. The van der Waals surface area contributed by atoms with Crippen molar-refractivity contribution in [3.8, 4) is 17.2 Å². The number of thiazole rings is 1. The fraction of sp³-hybridized carbons (Fsp3) is 0.364. The van der Waals surface area contributed by atoms with Gasteiger partial charge in [0.05, 0.1) is 16.8 Å². The van der Waals surface area contributed by atoms with Crippen molar-refractivity contribution >= 4 is 27.5 Å². The van der Waals surface area contributed by atoms with Crippen LogP contribution in [0.5, 0.6) is 17.2 Å². The highest BCUT2D eigenvalue weighted by Gasteiger charge is 2.16. The summed E-state index contributed by atoms with van der Waals surface area (Å²) < 4.78 is 20.1. The van der Waals surface area contributed by atoms with Gasteiger partial charge in [0.25, 0.3) is 5.91 Å². The number of rotatable bonds is 6. The van der Waals surface area contributed by atoms with Crippen LogP contribution < -0.4 is 19.0 Å². The molecule has 0 aliphatic carbocycles. The number of aromatic nitrogens is 1. The van der Waals surface area contributed by atoms with Gasteiger partial charge in [-0.15, -0.1) is 0 Å². The average molecular weight is 413 g/mol. The standard InChI is InChI=1S/C22H24N2O4S/c1-3-5-10-26-16-8-6-15(7-9-16)21(25)23-22-24(4-2)17-13-18-19(14-20(17)29-22)28-12-11-27-18/h6-9,13-14H,3-5,10-12H2,1-2H3. The Kier molecular flexibility index (Phi) is 5.85. The number of carbonyl (C=O) groups excluding carboxylic acids is 1. The van der Waals surface area contributed by atoms with Crippen LogP contribution in [0.4, 0.5) is 0 Å². The van der Waals surface area contributed by atoms with Gasteiger partial charge in [-0.05, 0) is 37.6 Å². The fourth-order valence-corrected chi connectivity index (χ4v) is 4.28. The van der Waals surface area contributed by atoms with E-state index in [1.54, 1.807) is 12.1 Å². The zero-order valence-corrected chi connectivity index (χ0v) is 17.5. The number of benzene rings is 2.